The normalized spacial score (nSPS) is 18.0. The molecule has 5 nitrogen and oxygen atoms in total. The minimum atomic E-state index is -0.0656. The summed E-state index contributed by atoms with van der Waals surface area (Å²) in [5, 5.41) is 3.70. The zero-order chi connectivity index (χ0) is 25.5. The fourth-order valence-electron chi connectivity index (χ4n) is 5.29. The Bertz CT molecular complexity index is 1140. The molecule has 0 bridgehead atoms. The molecule has 5 rings (SSSR count). The maximum atomic E-state index is 12.9. The van der Waals surface area contributed by atoms with Gasteiger partial charge in [-0.05, 0) is 55.0 Å². The number of piperidine rings is 2. The van der Waals surface area contributed by atoms with Crippen LogP contribution in [0.25, 0.3) is 0 Å². The highest BCUT2D eigenvalue weighted by molar-refractivity contribution is 6.32. The van der Waals surface area contributed by atoms with Crippen molar-refractivity contribution in [3.05, 3.63) is 101 Å². The van der Waals surface area contributed by atoms with Crippen LogP contribution in [0.2, 0.25) is 5.02 Å². The van der Waals surface area contributed by atoms with E-state index in [0.29, 0.717) is 16.3 Å². The van der Waals surface area contributed by atoms with Gasteiger partial charge in [-0.25, -0.2) is 0 Å². The number of benzene rings is 3. The molecule has 2 saturated heterocycles. The van der Waals surface area contributed by atoms with E-state index >= 15 is 0 Å². The molecule has 1 N–H and O–H groups in total. The molecule has 1 amide bonds. The van der Waals surface area contributed by atoms with Crippen LogP contribution in [-0.4, -0.2) is 54.0 Å². The molecule has 3 aromatic carbocycles. The molecule has 2 aliphatic heterocycles. The molecule has 0 aromatic heterocycles. The molecule has 2 heterocycles. The summed E-state index contributed by atoms with van der Waals surface area (Å²) in [5.41, 5.74) is 3.26. The first kappa shape index (κ1) is 25.8. The standard InChI is InChI=1S/C31H36ClN3O2/c32-29-21-26(31(36)33-27-13-17-34(18-14-27)22-24-7-3-1-4-8-24)11-12-30(29)37-28-15-19-35(20-16-28)23-25-9-5-2-6-10-25/h1-12,21,27-28H,13-20,22-23H2,(H,33,36). The second-order valence-corrected chi connectivity index (χ2v) is 10.6. The van der Waals surface area contributed by atoms with E-state index in [1.165, 1.54) is 11.1 Å². The summed E-state index contributed by atoms with van der Waals surface area (Å²) in [6, 6.07) is 26.7. The van der Waals surface area contributed by atoms with Crippen LogP contribution in [0.4, 0.5) is 0 Å². The first-order chi connectivity index (χ1) is 18.1. The molecule has 194 valence electrons. The number of hydrogen-bond donors (Lipinski definition) is 1. The average Bonchev–Trinajstić information content (AvgIpc) is 2.93. The Hall–Kier alpha value is -2.86. The van der Waals surface area contributed by atoms with Gasteiger partial charge in [0.1, 0.15) is 11.9 Å². The van der Waals surface area contributed by atoms with Crippen molar-refractivity contribution in [1.82, 2.24) is 15.1 Å². The number of hydrogen-bond acceptors (Lipinski definition) is 4. The summed E-state index contributed by atoms with van der Waals surface area (Å²) in [5.74, 6) is 0.595. The number of amides is 1. The third-order valence-corrected chi connectivity index (χ3v) is 7.74. The predicted octanol–water partition coefficient (Wildman–Crippen LogP) is 5.78. The summed E-state index contributed by atoms with van der Waals surface area (Å²) >= 11 is 6.55. The first-order valence-electron chi connectivity index (χ1n) is 13.4. The van der Waals surface area contributed by atoms with Gasteiger partial charge in [-0.2, -0.15) is 0 Å². The second kappa shape index (κ2) is 12.6. The van der Waals surface area contributed by atoms with E-state index in [4.69, 9.17) is 16.3 Å². The van der Waals surface area contributed by atoms with E-state index in [9.17, 15) is 4.79 Å². The first-order valence-corrected chi connectivity index (χ1v) is 13.8. The molecule has 2 fully saturated rings. The van der Waals surface area contributed by atoms with Crippen molar-refractivity contribution in [3.8, 4) is 5.75 Å². The lowest BCUT2D eigenvalue weighted by Gasteiger charge is -2.32. The molecule has 0 radical (unpaired) electrons. The number of nitrogens with zero attached hydrogens (tertiary/aromatic N) is 2. The second-order valence-electron chi connectivity index (χ2n) is 10.2. The lowest BCUT2D eigenvalue weighted by atomic mass is 10.0. The van der Waals surface area contributed by atoms with Crippen LogP contribution in [0.3, 0.4) is 0 Å². The molecule has 2 aliphatic rings. The zero-order valence-electron chi connectivity index (χ0n) is 21.3. The lowest BCUT2D eigenvalue weighted by molar-refractivity contribution is 0.0908. The van der Waals surface area contributed by atoms with E-state index in [2.05, 4.69) is 69.7 Å². The van der Waals surface area contributed by atoms with Crippen LogP contribution in [-0.2, 0) is 13.1 Å². The summed E-state index contributed by atoms with van der Waals surface area (Å²) < 4.78 is 6.23. The molecule has 6 heteroatoms. The SMILES string of the molecule is O=C(NC1CCN(Cc2ccccc2)CC1)c1ccc(OC2CCN(Cc3ccccc3)CC2)c(Cl)c1. The molecular formula is C31H36ClN3O2. The van der Waals surface area contributed by atoms with Crippen molar-refractivity contribution >= 4 is 17.5 Å². The van der Waals surface area contributed by atoms with Gasteiger partial charge in [0.2, 0.25) is 0 Å². The van der Waals surface area contributed by atoms with E-state index < -0.39 is 0 Å². The van der Waals surface area contributed by atoms with Gasteiger partial charge < -0.3 is 10.1 Å². The van der Waals surface area contributed by atoms with Gasteiger partial charge in [0.05, 0.1) is 5.02 Å². The van der Waals surface area contributed by atoms with Gasteiger partial charge in [0, 0.05) is 50.9 Å². The predicted molar refractivity (Wildman–Crippen MR) is 149 cm³/mol. The maximum Gasteiger partial charge on any atom is 0.251 e. The number of halogens is 1. The Morgan fingerprint density at radius 2 is 1.32 bits per heavy atom. The van der Waals surface area contributed by atoms with E-state index in [1.54, 1.807) is 6.07 Å². The molecule has 37 heavy (non-hydrogen) atoms. The fraction of sp³-hybridized carbons (Fsp3) is 0.387. The quantitative estimate of drug-likeness (QED) is 0.411. The Labute approximate surface area is 225 Å². The monoisotopic (exact) mass is 517 g/mol. The highest BCUT2D eigenvalue weighted by Crippen LogP contribution is 2.29. The zero-order valence-corrected chi connectivity index (χ0v) is 22.1. The van der Waals surface area contributed by atoms with Crippen molar-refractivity contribution in [2.24, 2.45) is 0 Å². The van der Waals surface area contributed by atoms with Gasteiger partial charge in [-0.15, -0.1) is 0 Å². The van der Waals surface area contributed by atoms with Crippen LogP contribution >= 0.6 is 11.6 Å². The number of ether oxygens (including phenoxy) is 1. The van der Waals surface area contributed by atoms with Gasteiger partial charge in [0.15, 0.2) is 0 Å². The maximum absolute atomic E-state index is 12.9. The summed E-state index contributed by atoms with van der Waals surface area (Å²) in [6.45, 7) is 5.91. The Balaban J connectivity index is 1.06. The third kappa shape index (κ3) is 7.35. The summed E-state index contributed by atoms with van der Waals surface area (Å²) in [6.07, 6.45) is 3.99. The molecule has 3 aromatic rings. The number of rotatable bonds is 8. The van der Waals surface area contributed by atoms with E-state index in [-0.39, 0.29) is 18.1 Å². The van der Waals surface area contributed by atoms with Crippen LogP contribution in [0.15, 0.2) is 78.9 Å². The topological polar surface area (TPSA) is 44.8 Å². The summed E-state index contributed by atoms with van der Waals surface area (Å²) in [4.78, 5) is 17.8. The largest absolute Gasteiger partial charge is 0.489 e. The van der Waals surface area contributed by atoms with Gasteiger partial charge in [-0.3, -0.25) is 14.6 Å². The minimum absolute atomic E-state index is 0.0656. The van der Waals surface area contributed by atoms with Gasteiger partial charge >= 0.3 is 0 Å². The van der Waals surface area contributed by atoms with Gasteiger partial charge in [0.25, 0.3) is 5.91 Å². The van der Waals surface area contributed by atoms with Crippen LogP contribution in [0, 0.1) is 0 Å². The number of nitrogens with one attached hydrogen (secondary N) is 1. The van der Waals surface area contributed by atoms with Crippen LogP contribution in [0.5, 0.6) is 5.75 Å². The lowest BCUT2D eigenvalue weighted by Crippen LogP contribution is -2.44. The molecule has 0 spiro atoms. The smallest absolute Gasteiger partial charge is 0.251 e. The van der Waals surface area contributed by atoms with Crippen molar-refractivity contribution in [1.29, 1.82) is 0 Å². The number of likely N-dealkylation sites (tertiary alicyclic amines) is 2. The fourth-order valence-corrected chi connectivity index (χ4v) is 5.51. The molecular weight excluding hydrogens is 482 g/mol. The van der Waals surface area contributed by atoms with E-state index in [1.807, 2.05) is 18.2 Å². The number of carbonyl (C=O) groups is 1. The van der Waals surface area contributed by atoms with Crippen molar-refractivity contribution in [2.75, 3.05) is 26.2 Å². The average molecular weight is 518 g/mol. The van der Waals surface area contributed by atoms with Crippen LogP contribution in [0.1, 0.15) is 47.2 Å². The highest BCUT2D eigenvalue weighted by Gasteiger charge is 2.23. The molecule has 0 unspecified atom stereocenters. The van der Waals surface area contributed by atoms with Crippen molar-refractivity contribution in [2.45, 2.75) is 50.9 Å². The summed E-state index contributed by atoms with van der Waals surface area (Å²) in [7, 11) is 0. The van der Waals surface area contributed by atoms with Crippen molar-refractivity contribution in [3.63, 3.8) is 0 Å². The minimum Gasteiger partial charge on any atom is -0.489 e. The highest BCUT2D eigenvalue weighted by atomic mass is 35.5. The Kier molecular flexibility index (Phi) is 8.77. The molecule has 0 saturated carbocycles. The van der Waals surface area contributed by atoms with E-state index in [0.717, 1.165) is 65.0 Å². The van der Waals surface area contributed by atoms with Crippen molar-refractivity contribution < 1.29 is 9.53 Å². The Morgan fingerprint density at radius 1 is 0.784 bits per heavy atom. The molecule has 0 atom stereocenters. The Morgan fingerprint density at radius 3 is 1.86 bits per heavy atom. The van der Waals surface area contributed by atoms with Crippen LogP contribution < -0.4 is 10.1 Å². The van der Waals surface area contributed by atoms with Gasteiger partial charge in [-0.1, -0.05) is 72.3 Å². The third-order valence-electron chi connectivity index (χ3n) is 7.44. The number of carbonyl (C=O) groups excluding carboxylic acids is 1. The molecule has 0 aliphatic carbocycles.